The third kappa shape index (κ3) is 2.79. The van der Waals surface area contributed by atoms with Crippen LogP contribution in [0.5, 0.6) is 0 Å². The predicted octanol–water partition coefficient (Wildman–Crippen LogP) is 2.41. The van der Waals surface area contributed by atoms with E-state index in [9.17, 15) is 4.79 Å². The molecule has 2 saturated heterocycles. The number of amides is 1. The summed E-state index contributed by atoms with van der Waals surface area (Å²) in [5.41, 5.74) is 3.34. The van der Waals surface area contributed by atoms with Gasteiger partial charge in [-0.15, -0.1) is 0 Å². The second-order valence-electron chi connectivity index (χ2n) is 7.52. The van der Waals surface area contributed by atoms with E-state index in [1.807, 2.05) is 56.6 Å². The SMILES string of the molecule is Cc1cnn(-c2ccncc2N2[C@@H]3CC[C@H]2CC(C(=O)N(C)C)C3)c1. The molecule has 2 fully saturated rings. The van der Waals surface area contributed by atoms with Gasteiger partial charge >= 0.3 is 0 Å². The van der Waals surface area contributed by atoms with E-state index in [2.05, 4.69) is 15.0 Å². The lowest BCUT2D eigenvalue weighted by Crippen LogP contribution is -2.47. The Hall–Kier alpha value is -2.37. The number of carbonyl (C=O) groups is 1. The number of rotatable bonds is 3. The summed E-state index contributed by atoms with van der Waals surface area (Å²) in [6.45, 7) is 2.05. The van der Waals surface area contributed by atoms with E-state index in [0.717, 1.165) is 42.6 Å². The van der Waals surface area contributed by atoms with E-state index in [1.54, 1.807) is 4.90 Å². The third-order valence-corrected chi connectivity index (χ3v) is 5.54. The van der Waals surface area contributed by atoms with Crippen molar-refractivity contribution in [2.24, 2.45) is 5.92 Å². The van der Waals surface area contributed by atoms with E-state index < -0.39 is 0 Å². The highest BCUT2D eigenvalue weighted by Crippen LogP contribution is 2.43. The molecule has 0 saturated carbocycles. The Morgan fingerprint density at radius 3 is 2.48 bits per heavy atom. The third-order valence-electron chi connectivity index (χ3n) is 5.54. The number of pyridine rings is 1. The Morgan fingerprint density at radius 1 is 1.16 bits per heavy atom. The molecule has 2 aliphatic heterocycles. The Bertz CT molecular complexity index is 770. The van der Waals surface area contributed by atoms with Crippen LogP contribution in [0, 0.1) is 12.8 Å². The van der Waals surface area contributed by atoms with Crippen LogP contribution in [0.1, 0.15) is 31.2 Å². The standard InChI is InChI=1S/C19H25N5O/c1-13-10-21-23(12-13)17-6-7-20-11-18(17)24-15-4-5-16(24)9-14(8-15)19(25)22(2)3/h6-7,10-12,14-16H,4-5,8-9H2,1-3H3/t14?,15-,16+. The number of hydrogen-bond acceptors (Lipinski definition) is 4. The van der Waals surface area contributed by atoms with Crippen molar-refractivity contribution < 1.29 is 4.79 Å². The Labute approximate surface area is 148 Å². The highest BCUT2D eigenvalue weighted by molar-refractivity contribution is 5.79. The summed E-state index contributed by atoms with van der Waals surface area (Å²) in [4.78, 5) is 21.0. The van der Waals surface area contributed by atoms with Gasteiger partial charge in [0.25, 0.3) is 0 Å². The molecule has 1 unspecified atom stereocenters. The molecule has 2 aromatic rings. The van der Waals surface area contributed by atoms with Crippen molar-refractivity contribution in [3.05, 3.63) is 36.4 Å². The molecule has 2 bridgehead atoms. The van der Waals surface area contributed by atoms with E-state index in [4.69, 9.17) is 0 Å². The number of anilines is 1. The van der Waals surface area contributed by atoms with Crippen LogP contribution in [-0.2, 0) is 4.79 Å². The molecule has 6 nitrogen and oxygen atoms in total. The summed E-state index contributed by atoms with van der Waals surface area (Å²) in [5.74, 6) is 0.418. The number of hydrogen-bond donors (Lipinski definition) is 0. The van der Waals surface area contributed by atoms with Crippen molar-refractivity contribution >= 4 is 11.6 Å². The fourth-order valence-electron chi connectivity index (χ4n) is 4.45. The fourth-order valence-corrected chi connectivity index (χ4v) is 4.45. The predicted molar refractivity (Wildman–Crippen MR) is 96.8 cm³/mol. The Morgan fingerprint density at radius 2 is 1.88 bits per heavy atom. The first-order valence-electron chi connectivity index (χ1n) is 8.99. The first kappa shape index (κ1) is 16.1. The largest absolute Gasteiger partial charge is 0.363 e. The van der Waals surface area contributed by atoms with Crippen molar-refractivity contribution in [3.8, 4) is 5.69 Å². The van der Waals surface area contributed by atoms with Gasteiger partial charge in [0.15, 0.2) is 0 Å². The minimum absolute atomic E-state index is 0.149. The summed E-state index contributed by atoms with van der Waals surface area (Å²) in [7, 11) is 3.71. The van der Waals surface area contributed by atoms with Crippen molar-refractivity contribution in [2.75, 3.05) is 19.0 Å². The minimum Gasteiger partial charge on any atom is -0.363 e. The highest BCUT2D eigenvalue weighted by Gasteiger charge is 2.44. The molecule has 0 spiro atoms. The van der Waals surface area contributed by atoms with Gasteiger partial charge in [0.1, 0.15) is 0 Å². The number of piperidine rings is 1. The molecule has 1 amide bonds. The molecule has 25 heavy (non-hydrogen) atoms. The molecular formula is C19H25N5O. The maximum atomic E-state index is 12.4. The van der Waals surface area contributed by atoms with Gasteiger partial charge in [-0.05, 0) is 44.2 Å². The topological polar surface area (TPSA) is 54.3 Å². The van der Waals surface area contributed by atoms with Crippen molar-refractivity contribution in [1.29, 1.82) is 0 Å². The van der Waals surface area contributed by atoms with Crippen LogP contribution >= 0.6 is 0 Å². The molecule has 4 rings (SSSR count). The molecule has 0 radical (unpaired) electrons. The molecule has 0 N–H and O–H groups in total. The van der Waals surface area contributed by atoms with Crippen LogP contribution in [0.15, 0.2) is 30.9 Å². The summed E-state index contributed by atoms with van der Waals surface area (Å²) in [5, 5.41) is 4.48. The second-order valence-corrected chi connectivity index (χ2v) is 7.52. The zero-order chi connectivity index (χ0) is 17.6. The summed E-state index contributed by atoms with van der Waals surface area (Å²) in [6, 6.07) is 2.85. The first-order chi connectivity index (χ1) is 12.0. The molecule has 132 valence electrons. The first-order valence-corrected chi connectivity index (χ1v) is 8.99. The van der Waals surface area contributed by atoms with Gasteiger partial charge < -0.3 is 9.80 Å². The molecule has 2 aliphatic rings. The zero-order valence-electron chi connectivity index (χ0n) is 15.1. The Kier molecular flexibility index (Phi) is 3.98. The monoisotopic (exact) mass is 339 g/mol. The van der Waals surface area contributed by atoms with E-state index in [0.29, 0.717) is 12.1 Å². The fraction of sp³-hybridized carbons (Fsp3) is 0.526. The number of nitrogens with zero attached hydrogens (tertiary/aromatic N) is 5. The lowest BCUT2D eigenvalue weighted by molar-refractivity contribution is -0.133. The van der Waals surface area contributed by atoms with Gasteiger partial charge in [-0.3, -0.25) is 9.78 Å². The van der Waals surface area contributed by atoms with Gasteiger partial charge in [0, 0.05) is 44.5 Å². The summed E-state index contributed by atoms with van der Waals surface area (Å²) in [6.07, 6.45) is 11.8. The molecule has 3 atom stereocenters. The van der Waals surface area contributed by atoms with Gasteiger partial charge in [-0.2, -0.15) is 5.10 Å². The van der Waals surface area contributed by atoms with E-state index >= 15 is 0 Å². The minimum atomic E-state index is 0.149. The lowest BCUT2D eigenvalue weighted by Gasteiger charge is -2.41. The van der Waals surface area contributed by atoms with Crippen molar-refractivity contribution in [1.82, 2.24) is 19.7 Å². The van der Waals surface area contributed by atoms with Crippen molar-refractivity contribution in [2.45, 2.75) is 44.7 Å². The maximum Gasteiger partial charge on any atom is 0.225 e. The van der Waals surface area contributed by atoms with E-state index in [1.165, 1.54) is 0 Å². The molecule has 0 aliphatic carbocycles. The van der Waals surface area contributed by atoms with Gasteiger partial charge in [0.2, 0.25) is 5.91 Å². The van der Waals surface area contributed by atoms with Gasteiger partial charge in [-0.1, -0.05) is 0 Å². The quantitative estimate of drug-likeness (QED) is 0.862. The molecular weight excluding hydrogens is 314 g/mol. The van der Waals surface area contributed by atoms with Crippen LogP contribution in [0.2, 0.25) is 0 Å². The van der Waals surface area contributed by atoms with Crippen molar-refractivity contribution in [3.63, 3.8) is 0 Å². The molecule has 6 heteroatoms. The van der Waals surface area contributed by atoms with Crippen LogP contribution in [-0.4, -0.2) is 51.8 Å². The lowest BCUT2D eigenvalue weighted by atomic mass is 9.89. The molecule has 4 heterocycles. The van der Waals surface area contributed by atoms with Crippen LogP contribution in [0.25, 0.3) is 5.69 Å². The average molecular weight is 339 g/mol. The summed E-state index contributed by atoms with van der Waals surface area (Å²) >= 11 is 0. The molecule has 2 aromatic heterocycles. The molecule has 0 aromatic carbocycles. The van der Waals surface area contributed by atoms with Gasteiger partial charge in [0.05, 0.1) is 23.8 Å². The van der Waals surface area contributed by atoms with E-state index in [-0.39, 0.29) is 11.8 Å². The van der Waals surface area contributed by atoms with Crippen LogP contribution in [0.4, 0.5) is 5.69 Å². The Balaban J connectivity index is 1.65. The highest BCUT2D eigenvalue weighted by atomic mass is 16.2. The number of carbonyl (C=O) groups excluding carboxylic acids is 1. The smallest absolute Gasteiger partial charge is 0.225 e. The maximum absolute atomic E-state index is 12.4. The number of fused-ring (bicyclic) bond motifs is 2. The van der Waals surface area contributed by atoms with Gasteiger partial charge in [-0.25, -0.2) is 4.68 Å². The van der Waals surface area contributed by atoms with Crippen LogP contribution in [0.3, 0.4) is 0 Å². The second kappa shape index (κ2) is 6.17. The zero-order valence-corrected chi connectivity index (χ0v) is 15.1. The van der Waals surface area contributed by atoms with Crippen LogP contribution < -0.4 is 4.90 Å². The average Bonchev–Trinajstić information content (AvgIpc) is 3.14. The normalized spacial score (nSPS) is 25.2. The summed E-state index contributed by atoms with van der Waals surface area (Å²) < 4.78 is 1.93. The number of aromatic nitrogens is 3. The number of aryl methyl sites for hydroxylation is 1.